The van der Waals surface area contributed by atoms with Crippen LogP contribution in [0.5, 0.6) is 0 Å². The van der Waals surface area contributed by atoms with Gasteiger partial charge in [0.15, 0.2) is 9.52 Å². The number of rotatable bonds is 20. The number of benzene rings is 7. The molecule has 0 N–H and O–H groups in total. The predicted octanol–water partition coefficient (Wildman–Crippen LogP) is 11.7. The van der Waals surface area contributed by atoms with Crippen molar-refractivity contribution < 1.29 is 0 Å². The quantitative estimate of drug-likeness (QED) is 0.0309. The van der Waals surface area contributed by atoms with E-state index in [1.54, 1.807) is 51.9 Å². The summed E-state index contributed by atoms with van der Waals surface area (Å²) in [5, 5.41) is 30.1. The molecule has 0 aromatic heterocycles. The van der Waals surface area contributed by atoms with Crippen LogP contribution in [0.3, 0.4) is 0 Å². The molecule has 542 valence electrons. The Kier molecular flexibility index (Phi) is 25.8. The highest BCUT2D eigenvalue weighted by Crippen LogP contribution is 2.32. The van der Waals surface area contributed by atoms with Gasteiger partial charge in [-0.25, -0.2) is 0 Å². The van der Waals surface area contributed by atoms with E-state index in [1.165, 1.54) is 51.9 Å². The number of hydrogen-bond donors (Lipinski definition) is 0. The molecule has 0 spiro atoms. The van der Waals surface area contributed by atoms with Crippen molar-refractivity contribution in [2.24, 2.45) is 0 Å². The fraction of sp³-hybridized carbons (Fsp3) is 0.435. The monoisotopic (exact) mass is 1630 g/mol. The molecule has 0 bridgehead atoms. The van der Waals surface area contributed by atoms with Crippen LogP contribution in [0, 0.1) is 33.6 Å². The second kappa shape index (κ2) is 30.5. The molecule has 0 aliphatic heterocycles. The van der Waals surface area contributed by atoms with Gasteiger partial charge in [-0.2, -0.15) is 0 Å². The van der Waals surface area contributed by atoms with Gasteiger partial charge in [0.1, 0.15) is 7.92 Å². The predicted molar refractivity (Wildman–Crippen MR) is 517 cm³/mol. The Labute approximate surface area is 646 Å². The van der Waals surface area contributed by atoms with Gasteiger partial charge in [0.05, 0.1) is 106 Å². The van der Waals surface area contributed by atoms with Crippen molar-refractivity contribution in [3.63, 3.8) is 0 Å². The first-order chi connectivity index (χ1) is 46.0. The molecule has 0 nitrogen and oxygen atoms in total. The van der Waals surface area contributed by atoms with Crippen LogP contribution in [-0.4, -0.2) is 132 Å². The lowest BCUT2D eigenvalue weighted by molar-refractivity contribution is 1.65. The molecule has 17 heteroatoms. The Bertz CT molecular complexity index is 4040. The van der Waals surface area contributed by atoms with Crippen molar-refractivity contribution in [1.82, 2.24) is 0 Å². The fourth-order valence-corrected chi connectivity index (χ4v) is 41.4. The third-order valence-electron chi connectivity index (χ3n) is 20.8. The van der Waals surface area contributed by atoms with Crippen LogP contribution in [0.25, 0.3) is 0 Å². The van der Waals surface area contributed by atoms with E-state index in [0.29, 0.717) is 19.0 Å². The van der Waals surface area contributed by atoms with E-state index in [0.717, 1.165) is 0 Å². The van der Waals surface area contributed by atoms with Crippen molar-refractivity contribution in [3.8, 4) is 33.6 Å². The van der Waals surface area contributed by atoms with Gasteiger partial charge in [-0.15, -0.1) is 16.6 Å². The summed E-state index contributed by atoms with van der Waals surface area (Å²) >= 11 is 0. The van der Waals surface area contributed by atoms with Crippen molar-refractivity contribution in [3.05, 3.63) is 133 Å². The lowest BCUT2D eigenvalue weighted by atomic mass is 10.3. The Morgan fingerprint density at radius 3 is 0.618 bits per heavy atom. The summed E-state index contributed by atoms with van der Waals surface area (Å²) in [5.74, 6) is 0. The molecule has 1 unspecified atom stereocenters. The standard InChI is InChI=1S/C85H133PSi16/c1-87-67-48-69(90(5,6)7)55-80(49-67)101(81-56-70(91(8,9)10)50-71(57-81)92(11,12)13,82-58-72(93(14,15)16)51-73(59-82)94(17,18)19)45-42-86(41-44-88-66-39-38-40-68(47-66)89(2,3)4)43-46-102(83-60-74(95(20,21)22)52-75(61-83)96(23,24)25,84-62-76(97(26,27)28)53-77(63-84)98(29,30)31)85-64-78(99(32,33)34)54-79(65-85)100(35,36)37/h38-40,47-65H,1-37H3. The van der Waals surface area contributed by atoms with E-state index in [1.807, 2.05) is 0 Å². The molecule has 4 radical (unpaired) electrons. The van der Waals surface area contributed by atoms with E-state index in [4.69, 9.17) is 11.1 Å². The maximum Gasteiger partial charge on any atom is 0.230 e. The van der Waals surface area contributed by atoms with Crippen LogP contribution in [0.2, 0.25) is 242 Å². The highest BCUT2D eigenvalue weighted by molar-refractivity contribution is 7.73. The van der Waals surface area contributed by atoms with Crippen LogP contribution in [0.1, 0.15) is 0 Å². The van der Waals surface area contributed by atoms with Gasteiger partial charge in [0.25, 0.3) is 0 Å². The van der Waals surface area contributed by atoms with Gasteiger partial charge in [-0.3, -0.25) is 0 Å². The molecule has 0 fully saturated rings. The van der Waals surface area contributed by atoms with Crippen molar-refractivity contribution in [2.45, 2.75) is 242 Å². The summed E-state index contributed by atoms with van der Waals surface area (Å²) in [6.45, 7) is 95.0. The Hall–Kier alpha value is -2.88. The zero-order chi connectivity index (χ0) is 77.3. The van der Waals surface area contributed by atoms with Crippen molar-refractivity contribution in [2.75, 3.05) is 0 Å². The summed E-state index contributed by atoms with van der Waals surface area (Å²) in [7, 11) is -30.5. The Morgan fingerprint density at radius 1 is 0.216 bits per heavy atom. The zero-order valence-corrected chi connectivity index (χ0v) is 88.0. The van der Waals surface area contributed by atoms with Gasteiger partial charge in [-0.05, 0) is 36.3 Å². The number of hydrogen-bond acceptors (Lipinski definition) is 0. The van der Waals surface area contributed by atoms with Crippen molar-refractivity contribution >= 4 is 244 Å². The smallest absolute Gasteiger partial charge is 0.123 e. The molecular formula is C85H133PSi16. The average Bonchev–Trinajstić information content (AvgIpc) is 0.728. The van der Waals surface area contributed by atoms with Crippen LogP contribution in [0.15, 0.2) is 133 Å². The van der Waals surface area contributed by atoms with E-state index >= 15 is 0 Å². The van der Waals surface area contributed by atoms with E-state index in [-0.39, 0.29) is 0 Å². The lowest BCUT2D eigenvalue weighted by Crippen LogP contribution is -2.71. The highest BCUT2D eigenvalue weighted by atomic mass is 31.1. The third kappa shape index (κ3) is 20.9. The fourth-order valence-electron chi connectivity index (χ4n) is 13.0. The first-order valence-corrected chi connectivity index (χ1v) is 87.7. The van der Waals surface area contributed by atoms with Crippen LogP contribution < -0.4 is 104 Å². The van der Waals surface area contributed by atoms with E-state index in [9.17, 15) is 0 Å². The normalized spacial score (nSPS) is 13.9. The van der Waals surface area contributed by atoms with E-state index in [2.05, 4.69) is 398 Å². The molecule has 0 amide bonds. The van der Waals surface area contributed by atoms with Gasteiger partial charge in [0.2, 0.25) is 16.1 Å². The minimum atomic E-state index is -3.51. The second-order valence-corrected chi connectivity index (χ2v) is 114. The molecule has 7 rings (SSSR count). The molecule has 1 atom stereocenters. The van der Waals surface area contributed by atoms with Gasteiger partial charge < -0.3 is 0 Å². The topological polar surface area (TPSA) is 0 Å². The maximum atomic E-state index is 4.81. The highest BCUT2D eigenvalue weighted by Gasteiger charge is 2.46. The van der Waals surface area contributed by atoms with Gasteiger partial charge >= 0.3 is 0 Å². The van der Waals surface area contributed by atoms with E-state index < -0.39 is 121 Å². The minimum Gasteiger partial charge on any atom is -0.123 e. The molecule has 7 aromatic rings. The van der Waals surface area contributed by atoms with Gasteiger partial charge in [-0.1, -0.05) is 460 Å². The van der Waals surface area contributed by atoms with Crippen molar-refractivity contribution in [1.29, 1.82) is 0 Å². The molecule has 0 saturated heterocycles. The zero-order valence-electron chi connectivity index (χ0n) is 71.1. The molecular weight excluding hydrogens is 1500 g/mol. The molecule has 0 heterocycles. The van der Waals surface area contributed by atoms with Crippen LogP contribution >= 0.6 is 7.92 Å². The van der Waals surface area contributed by atoms with Crippen LogP contribution in [-0.2, 0) is 0 Å². The summed E-state index contributed by atoms with van der Waals surface area (Å²) in [4.78, 5) is 0. The molecule has 102 heavy (non-hydrogen) atoms. The summed E-state index contributed by atoms with van der Waals surface area (Å²) in [6.07, 6.45) is 0. The lowest BCUT2D eigenvalue weighted by Gasteiger charge is -2.36. The first-order valence-electron chi connectivity index (χ1n) is 37.9. The third-order valence-corrected chi connectivity index (χ3v) is 56.4. The Morgan fingerprint density at radius 2 is 0.402 bits per heavy atom. The summed E-state index contributed by atoms with van der Waals surface area (Å²) < 4.78 is 0. The first kappa shape index (κ1) is 86.4. The minimum absolute atomic E-state index is 0.315. The molecule has 7 aromatic carbocycles. The van der Waals surface area contributed by atoms with Crippen LogP contribution in [0.4, 0.5) is 0 Å². The average molecular weight is 1640 g/mol. The molecule has 0 aliphatic rings. The SMILES string of the molecule is C[Si]c1cc([Si](C)(C)C)cc([Si](C#CP(C#C[Si]c2cccc([Si](C)(C)C)c2)C#C[Si](c2cc([Si](C)(C)C)cc([Si](C)(C)C)c2)(c2cc([Si](C)(C)C)cc([Si](C)(C)C)c2)c2cc([Si](C)(C)C)cc([Si](C)(C)C)c2)(c2cc([Si](C)(C)C)cc([Si](C)(C)C)c2)c2cc([Si](C)(C)C)cc([Si](C)(C)C)c2)c1. The largest absolute Gasteiger partial charge is 0.230 e. The molecule has 0 saturated carbocycles. The molecule has 0 aliphatic carbocycles. The second-order valence-electron chi connectivity index (χ2n) is 42.3. The summed E-state index contributed by atoms with van der Waals surface area (Å²) in [6, 6.07) is 58.4. The summed E-state index contributed by atoms with van der Waals surface area (Å²) in [5.41, 5.74) is 26.9. The van der Waals surface area contributed by atoms with Gasteiger partial charge in [0, 0.05) is 0 Å². The maximum absolute atomic E-state index is 4.81. The Balaban J connectivity index is 1.93.